The molecule has 1 aliphatic heterocycles. The second kappa shape index (κ2) is 6.53. The number of nitrogens with zero attached hydrogens (tertiary/aromatic N) is 1. The predicted molar refractivity (Wildman–Crippen MR) is 89.7 cm³/mol. The summed E-state index contributed by atoms with van der Waals surface area (Å²) in [7, 11) is 0. The highest BCUT2D eigenvalue weighted by molar-refractivity contribution is 7.99. The number of thioether (sulfide) groups is 1. The molecule has 1 atom stereocenters. The van der Waals surface area contributed by atoms with Gasteiger partial charge >= 0.3 is 0 Å². The second-order valence-corrected chi connectivity index (χ2v) is 6.78. The van der Waals surface area contributed by atoms with Gasteiger partial charge in [0.25, 0.3) is 0 Å². The maximum absolute atomic E-state index is 12.9. The maximum Gasteiger partial charge on any atom is 0.239 e. The van der Waals surface area contributed by atoms with Crippen LogP contribution in [0.1, 0.15) is 18.1 Å². The lowest BCUT2D eigenvalue weighted by Crippen LogP contribution is -2.35. The van der Waals surface area contributed by atoms with E-state index >= 15 is 0 Å². The molecule has 2 nitrogen and oxygen atoms in total. The first-order chi connectivity index (χ1) is 10.6. The highest BCUT2D eigenvalue weighted by atomic mass is 32.2. The molecule has 0 spiro atoms. The topological polar surface area (TPSA) is 20.3 Å². The van der Waals surface area contributed by atoms with E-state index in [4.69, 9.17) is 0 Å². The molecule has 1 amide bonds. The molecule has 4 heteroatoms. The van der Waals surface area contributed by atoms with Gasteiger partial charge in [-0.3, -0.25) is 4.79 Å². The SMILES string of the molecule is CC(SCc1ccc(F)cc1)C(=O)N1CCc2ccccc21. The average molecular weight is 315 g/mol. The first kappa shape index (κ1) is 15.1. The van der Waals surface area contributed by atoms with Gasteiger partial charge in [0, 0.05) is 18.0 Å². The zero-order valence-corrected chi connectivity index (χ0v) is 13.3. The van der Waals surface area contributed by atoms with Crippen molar-refractivity contribution in [2.75, 3.05) is 11.4 Å². The first-order valence-electron chi connectivity index (χ1n) is 7.40. The van der Waals surface area contributed by atoms with Crippen molar-refractivity contribution in [3.05, 3.63) is 65.5 Å². The van der Waals surface area contributed by atoms with Gasteiger partial charge < -0.3 is 4.90 Å². The van der Waals surface area contributed by atoms with Crippen LogP contribution in [0.25, 0.3) is 0 Å². The lowest BCUT2D eigenvalue weighted by Gasteiger charge is -2.21. The third-order valence-corrected chi connectivity index (χ3v) is 5.12. The Labute approximate surface area is 134 Å². The number of hydrogen-bond acceptors (Lipinski definition) is 2. The molecule has 0 aromatic heterocycles. The van der Waals surface area contributed by atoms with Crippen molar-refractivity contribution in [1.82, 2.24) is 0 Å². The molecule has 0 saturated carbocycles. The van der Waals surface area contributed by atoms with E-state index in [1.807, 2.05) is 30.0 Å². The number of anilines is 1. The van der Waals surface area contributed by atoms with Gasteiger partial charge in [-0.15, -0.1) is 11.8 Å². The molecular weight excluding hydrogens is 297 g/mol. The molecule has 22 heavy (non-hydrogen) atoms. The fraction of sp³-hybridized carbons (Fsp3) is 0.278. The zero-order chi connectivity index (χ0) is 15.5. The van der Waals surface area contributed by atoms with E-state index in [1.165, 1.54) is 17.7 Å². The quantitative estimate of drug-likeness (QED) is 0.849. The molecular formula is C18H18FNOS. The highest BCUT2D eigenvalue weighted by Crippen LogP contribution is 2.30. The summed E-state index contributed by atoms with van der Waals surface area (Å²) in [4.78, 5) is 14.5. The van der Waals surface area contributed by atoms with E-state index in [2.05, 4.69) is 6.07 Å². The molecule has 0 saturated heterocycles. The van der Waals surface area contributed by atoms with E-state index in [1.54, 1.807) is 23.9 Å². The van der Waals surface area contributed by atoms with Crippen molar-refractivity contribution in [2.45, 2.75) is 24.3 Å². The van der Waals surface area contributed by atoms with Gasteiger partial charge in [0.1, 0.15) is 5.82 Å². The van der Waals surface area contributed by atoms with Crippen LogP contribution in [0.15, 0.2) is 48.5 Å². The predicted octanol–water partition coefficient (Wildman–Crippen LogP) is 4.04. The van der Waals surface area contributed by atoms with Gasteiger partial charge in [0.15, 0.2) is 0 Å². The van der Waals surface area contributed by atoms with Crippen LogP contribution >= 0.6 is 11.8 Å². The number of carbonyl (C=O) groups is 1. The van der Waals surface area contributed by atoms with E-state index in [9.17, 15) is 9.18 Å². The number of rotatable bonds is 4. The Balaban J connectivity index is 1.62. The third kappa shape index (κ3) is 3.17. The summed E-state index contributed by atoms with van der Waals surface area (Å²) in [5.41, 5.74) is 3.32. The van der Waals surface area contributed by atoms with Gasteiger partial charge in [-0.1, -0.05) is 30.3 Å². The van der Waals surface area contributed by atoms with Gasteiger partial charge in [-0.25, -0.2) is 4.39 Å². The van der Waals surface area contributed by atoms with Gasteiger partial charge in [-0.2, -0.15) is 0 Å². The molecule has 0 bridgehead atoms. The minimum absolute atomic E-state index is 0.115. The Morgan fingerprint density at radius 1 is 1.23 bits per heavy atom. The zero-order valence-electron chi connectivity index (χ0n) is 12.5. The van der Waals surface area contributed by atoms with Crippen LogP contribution < -0.4 is 4.90 Å². The third-order valence-electron chi connectivity index (χ3n) is 3.91. The van der Waals surface area contributed by atoms with E-state index in [0.717, 1.165) is 24.2 Å². The molecule has 2 aromatic rings. The Hall–Kier alpha value is -1.81. The van der Waals surface area contributed by atoms with Crippen LogP contribution in [0.4, 0.5) is 10.1 Å². The van der Waals surface area contributed by atoms with Crippen molar-refractivity contribution >= 4 is 23.4 Å². The van der Waals surface area contributed by atoms with E-state index in [0.29, 0.717) is 5.75 Å². The fourth-order valence-electron chi connectivity index (χ4n) is 2.66. The summed E-state index contributed by atoms with van der Waals surface area (Å²) in [6.45, 7) is 2.71. The largest absolute Gasteiger partial charge is 0.311 e. The Morgan fingerprint density at radius 3 is 2.73 bits per heavy atom. The van der Waals surface area contributed by atoms with Crippen molar-refractivity contribution < 1.29 is 9.18 Å². The fourth-order valence-corrected chi connectivity index (χ4v) is 3.56. The number of hydrogen-bond donors (Lipinski definition) is 0. The van der Waals surface area contributed by atoms with E-state index in [-0.39, 0.29) is 17.0 Å². The number of amides is 1. The molecule has 0 N–H and O–H groups in total. The van der Waals surface area contributed by atoms with Crippen LogP contribution in [0.3, 0.4) is 0 Å². The van der Waals surface area contributed by atoms with Crippen LogP contribution in [-0.2, 0) is 17.0 Å². The van der Waals surface area contributed by atoms with Gasteiger partial charge in [0.2, 0.25) is 5.91 Å². The minimum atomic E-state index is -0.230. The smallest absolute Gasteiger partial charge is 0.239 e. The minimum Gasteiger partial charge on any atom is -0.311 e. The van der Waals surface area contributed by atoms with E-state index < -0.39 is 0 Å². The van der Waals surface area contributed by atoms with Gasteiger partial charge in [-0.05, 0) is 42.7 Å². The van der Waals surface area contributed by atoms with Crippen molar-refractivity contribution in [3.63, 3.8) is 0 Å². The highest BCUT2D eigenvalue weighted by Gasteiger charge is 2.27. The monoisotopic (exact) mass is 315 g/mol. The Bertz CT molecular complexity index is 671. The maximum atomic E-state index is 12.9. The lowest BCUT2D eigenvalue weighted by molar-refractivity contribution is -0.117. The summed E-state index contributed by atoms with van der Waals surface area (Å²) in [6, 6.07) is 14.5. The molecule has 0 fully saturated rings. The van der Waals surface area contributed by atoms with Crippen molar-refractivity contribution in [1.29, 1.82) is 0 Å². The summed E-state index contributed by atoms with van der Waals surface area (Å²) in [6.07, 6.45) is 0.928. The van der Waals surface area contributed by atoms with Crippen LogP contribution in [0.2, 0.25) is 0 Å². The standard InChI is InChI=1S/C18H18FNOS/c1-13(22-12-14-6-8-16(19)9-7-14)18(21)20-11-10-15-4-2-3-5-17(15)20/h2-9,13H,10-12H2,1H3. The number of carbonyl (C=O) groups excluding carboxylic acids is 1. The normalized spacial score (nSPS) is 14.7. The van der Waals surface area contributed by atoms with Crippen LogP contribution in [0.5, 0.6) is 0 Å². The first-order valence-corrected chi connectivity index (χ1v) is 8.45. The van der Waals surface area contributed by atoms with Crippen LogP contribution in [0, 0.1) is 5.82 Å². The molecule has 2 aromatic carbocycles. The summed E-state index contributed by atoms with van der Waals surface area (Å²) in [5, 5.41) is -0.115. The molecule has 114 valence electrons. The van der Waals surface area contributed by atoms with Crippen LogP contribution in [-0.4, -0.2) is 17.7 Å². The average Bonchev–Trinajstić information content (AvgIpc) is 2.97. The molecule has 1 aliphatic rings. The van der Waals surface area contributed by atoms with Crippen molar-refractivity contribution in [3.8, 4) is 0 Å². The molecule has 3 rings (SSSR count). The summed E-state index contributed by atoms with van der Waals surface area (Å²) in [5.74, 6) is 0.631. The molecule has 0 aliphatic carbocycles. The second-order valence-electron chi connectivity index (χ2n) is 5.45. The lowest BCUT2D eigenvalue weighted by atomic mass is 10.2. The summed E-state index contributed by atoms with van der Waals surface area (Å²) >= 11 is 1.59. The number of fused-ring (bicyclic) bond motifs is 1. The number of para-hydroxylation sites is 1. The molecule has 1 unspecified atom stereocenters. The molecule has 0 radical (unpaired) electrons. The van der Waals surface area contributed by atoms with Gasteiger partial charge in [0.05, 0.1) is 5.25 Å². The van der Waals surface area contributed by atoms with Crippen molar-refractivity contribution in [2.24, 2.45) is 0 Å². The number of benzene rings is 2. The Morgan fingerprint density at radius 2 is 1.95 bits per heavy atom. The Kier molecular flexibility index (Phi) is 4.48. The number of halogens is 1. The molecule has 1 heterocycles. The summed E-state index contributed by atoms with van der Waals surface area (Å²) < 4.78 is 12.9.